The monoisotopic (exact) mass is 286 g/mol. The van der Waals surface area contributed by atoms with E-state index in [1.165, 1.54) is 13.2 Å². The predicted octanol–water partition coefficient (Wildman–Crippen LogP) is -0.109. The van der Waals surface area contributed by atoms with E-state index in [9.17, 15) is 14.4 Å². The number of ether oxygens (including phenoxy) is 2. The average Bonchev–Trinajstić information content (AvgIpc) is 2.30. The van der Waals surface area contributed by atoms with Crippen LogP contribution in [0.5, 0.6) is 0 Å². The Balaban J connectivity index is 4.09. The molecule has 3 N–H and O–H groups in total. The minimum absolute atomic E-state index is 0.0297. The first-order valence-corrected chi connectivity index (χ1v) is 6.14. The van der Waals surface area contributed by atoms with E-state index in [-0.39, 0.29) is 13.0 Å². The highest BCUT2D eigenvalue weighted by molar-refractivity contribution is 5.90. The first kappa shape index (κ1) is 18.1. The predicted molar refractivity (Wildman–Crippen MR) is 72.6 cm³/mol. The van der Waals surface area contributed by atoms with Crippen molar-refractivity contribution < 1.29 is 23.9 Å². The number of methoxy groups -OCH3 is 1. The molecule has 20 heavy (non-hydrogen) atoms. The van der Waals surface area contributed by atoms with Gasteiger partial charge in [-0.05, 0) is 20.8 Å². The molecule has 0 aliphatic carbocycles. The molecule has 0 aliphatic rings. The van der Waals surface area contributed by atoms with Gasteiger partial charge in [-0.1, -0.05) is 6.08 Å². The smallest absolute Gasteiger partial charge is 0.325 e. The molecule has 0 heterocycles. The van der Waals surface area contributed by atoms with Crippen LogP contribution >= 0.6 is 0 Å². The van der Waals surface area contributed by atoms with Crippen molar-refractivity contribution in [3.63, 3.8) is 0 Å². The second-order valence-electron chi connectivity index (χ2n) is 5.11. The van der Waals surface area contributed by atoms with Crippen LogP contribution in [0.15, 0.2) is 12.2 Å². The zero-order chi connectivity index (χ0) is 15.8. The maximum Gasteiger partial charge on any atom is 0.325 e. The Morgan fingerprint density at radius 3 is 2.35 bits per heavy atom. The minimum Gasteiger partial charge on any atom is -0.468 e. The van der Waals surface area contributed by atoms with Gasteiger partial charge >= 0.3 is 11.9 Å². The quantitative estimate of drug-likeness (QED) is 0.521. The van der Waals surface area contributed by atoms with Crippen molar-refractivity contribution in [2.24, 2.45) is 5.73 Å². The molecule has 0 aromatic heterocycles. The number of carbonyl (C=O) groups excluding carboxylic acids is 3. The molecular formula is C13H22N2O5. The third-order valence-corrected chi connectivity index (χ3v) is 1.95. The molecule has 0 spiro atoms. The molecular weight excluding hydrogens is 264 g/mol. The van der Waals surface area contributed by atoms with Crippen molar-refractivity contribution in [2.75, 3.05) is 13.7 Å². The fourth-order valence-electron chi connectivity index (χ4n) is 1.15. The summed E-state index contributed by atoms with van der Waals surface area (Å²) in [7, 11) is 1.22. The molecule has 114 valence electrons. The Morgan fingerprint density at radius 2 is 1.85 bits per heavy atom. The van der Waals surface area contributed by atoms with Crippen molar-refractivity contribution in [2.45, 2.75) is 38.8 Å². The zero-order valence-electron chi connectivity index (χ0n) is 12.3. The number of nitrogens with one attached hydrogen (secondary N) is 1. The van der Waals surface area contributed by atoms with Crippen LogP contribution in [0.25, 0.3) is 0 Å². The van der Waals surface area contributed by atoms with Crippen LogP contribution in [0.1, 0.15) is 27.2 Å². The molecule has 0 radical (unpaired) electrons. The summed E-state index contributed by atoms with van der Waals surface area (Å²) in [5.74, 6) is -1.48. The first-order valence-electron chi connectivity index (χ1n) is 6.14. The third-order valence-electron chi connectivity index (χ3n) is 1.95. The highest BCUT2D eigenvalue weighted by Gasteiger charge is 2.17. The number of nitrogens with two attached hydrogens (primary N) is 1. The summed E-state index contributed by atoms with van der Waals surface area (Å²) in [6.07, 6.45) is 2.51. The van der Waals surface area contributed by atoms with E-state index in [1.807, 2.05) is 0 Å². The summed E-state index contributed by atoms with van der Waals surface area (Å²) in [6.45, 7) is 5.05. The number of rotatable bonds is 6. The van der Waals surface area contributed by atoms with Gasteiger partial charge < -0.3 is 20.5 Å². The van der Waals surface area contributed by atoms with Gasteiger partial charge in [-0.3, -0.25) is 14.4 Å². The van der Waals surface area contributed by atoms with Crippen LogP contribution in [-0.4, -0.2) is 43.1 Å². The van der Waals surface area contributed by atoms with Gasteiger partial charge in [0.05, 0.1) is 13.5 Å². The molecule has 0 unspecified atom stereocenters. The zero-order valence-corrected chi connectivity index (χ0v) is 12.3. The maximum atomic E-state index is 11.5. The minimum atomic E-state index is -0.631. The highest BCUT2D eigenvalue weighted by atomic mass is 16.6. The van der Waals surface area contributed by atoms with Gasteiger partial charge in [0.2, 0.25) is 5.91 Å². The Bertz CT molecular complexity index is 385. The molecule has 0 saturated carbocycles. The molecule has 0 aromatic carbocycles. The SMILES string of the molecule is COC(=O)CNC(=O)/C=C/[C@@H](N)CC(=O)OC(C)(C)C. The van der Waals surface area contributed by atoms with E-state index in [2.05, 4.69) is 10.1 Å². The topological polar surface area (TPSA) is 108 Å². The van der Waals surface area contributed by atoms with Gasteiger partial charge in [0, 0.05) is 12.1 Å². The molecule has 0 aromatic rings. The van der Waals surface area contributed by atoms with Gasteiger partial charge in [0.25, 0.3) is 0 Å². The Kier molecular flexibility index (Phi) is 7.53. The lowest BCUT2D eigenvalue weighted by molar-refractivity contribution is -0.155. The molecule has 7 heteroatoms. The Labute approximate surface area is 118 Å². The highest BCUT2D eigenvalue weighted by Crippen LogP contribution is 2.09. The molecule has 1 amide bonds. The summed E-state index contributed by atoms with van der Waals surface area (Å²) in [6, 6.07) is -0.631. The Hall–Kier alpha value is -1.89. The summed E-state index contributed by atoms with van der Waals surface area (Å²) < 4.78 is 9.46. The largest absolute Gasteiger partial charge is 0.468 e. The lowest BCUT2D eigenvalue weighted by Gasteiger charge is -2.20. The fraction of sp³-hybridized carbons (Fsp3) is 0.615. The molecule has 0 fully saturated rings. The van der Waals surface area contributed by atoms with E-state index >= 15 is 0 Å². The number of esters is 2. The molecule has 0 saturated heterocycles. The second-order valence-corrected chi connectivity index (χ2v) is 5.11. The van der Waals surface area contributed by atoms with Crippen LogP contribution in [0.3, 0.4) is 0 Å². The van der Waals surface area contributed by atoms with E-state index in [1.54, 1.807) is 20.8 Å². The number of hydrogen-bond donors (Lipinski definition) is 2. The lowest BCUT2D eigenvalue weighted by Crippen LogP contribution is -2.30. The van der Waals surface area contributed by atoms with Gasteiger partial charge in [-0.25, -0.2) is 0 Å². The van der Waals surface area contributed by atoms with E-state index in [0.717, 1.165) is 6.08 Å². The molecule has 1 atom stereocenters. The summed E-state index contributed by atoms with van der Waals surface area (Å²) in [5.41, 5.74) is 5.09. The van der Waals surface area contributed by atoms with E-state index in [0.29, 0.717) is 0 Å². The third kappa shape index (κ3) is 10.1. The first-order chi connectivity index (χ1) is 9.14. The van der Waals surface area contributed by atoms with Gasteiger partial charge in [0.15, 0.2) is 0 Å². The lowest BCUT2D eigenvalue weighted by atomic mass is 10.1. The molecule has 0 aliphatic heterocycles. The fourth-order valence-corrected chi connectivity index (χ4v) is 1.15. The number of hydrogen-bond acceptors (Lipinski definition) is 6. The number of amides is 1. The molecule has 0 bridgehead atoms. The maximum absolute atomic E-state index is 11.5. The summed E-state index contributed by atoms with van der Waals surface area (Å²) >= 11 is 0. The van der Waals surface area contributed by atoms with Gasteiger partial charge in [0.1, 0.15) is 12.1 Å². The van der Waals surface area contributed by atoms with Crippen molar-refractivity contribution in [1.82, 2.24) is 5.32 Å². The van der Waals surface area contributed by atoms with Crippen LogP contribution in [0, 0.1) is 0 Å². The second kappa shape index (κ2) is 8.31. The van der Waals surface area contributed by atoms with Crippen molar-refractivity contribution in [3.8, 4) is 0 Å². The van der Waals surface area contributed by atoms with Crippen molar-refractivity contribution in [3.05, 3.63) is 12.2 Å². The van der Waals surface area contributed by atoms with Crippen LogP contribution in [-0.2, 0) is 23.9 Å². The van der Waals surface area contributed by atoms with Crippen LogP contribution < -0.4 is 11.1 Å². The molecule has 7 nitrogen and oxygen atoms in total. The standard InChI is InChI=1S/C13H22N2O5/c1-13(2,3)20-11(17)7-9(14)5-6-10(16)15-8-12(18)19-4/h5-6,9H,7-8,14H2,1-4H3,(H,15,16)/b6-5+/t9-/m1/s1. The van der Waals surface area contributed by atoms with Crippen LogP contribution in [0.4, 0.5) is 0 Å². The van der Waals surface area contributed by atoms with E-state index in [4.69, 9.17) is 10.5 Å². The van der Waals surface area contributed by atoms with Gasteiger partial charge in [-0.2, -0.15) is 0 Å². The number of carbonyl (C=O) groups is 3. The van der Waals surface area contributed by atoms with E-state index < -0.39 is 29.5 Å². The van der Waals surface area contributed by atoms with Crippen LogP contribution in [0.2, 0.25) is 0 Å². The Morgan fingerprint density at radius 1 is 1.25 bits per heavy atom. The van der Waals surface area contributed by atoms with Crippen molar-refractivity contribution in [1.29, 1.82) is 0 Å². The van der Waals surface area contributed by atoms with Gasteiger partial charge in [-0.15, -0.1) is 0 Å². The molecule has 0 rings (SSSR count). The summed E-state index contributed by atoms with van der Waals surface area (Å²) in [5, 5.41) is 2.31. The summed E-state index contributed by atoms with van der Waals surface area (Å²) in [4.78, 5) is 33.6. The normalized spacial score (nSPS) is 12.8. The average molecular weight is 286 g/mol. The van der Waals surface area contributed by atoms with Crippen molar-refractivity contribution >= 4 is 17.8 Å².